The van der Waals surface area contributed by atoms with Crippen LogP contribution in [-0.4, -0.2) is 42.9 Å². The van der Waals surface area contributed by atoms with E-state index in [1.807, 2.05) is 20.8 Å². The minimum Gasteiger partial charge on any atom is -0.444 e. The van der Waals surface area contributed by atoms with Crippen LogP contribution in [0.2, 0.25) is 0 Å². The van der Waals surface area contributed by atoms with Gasteiger partial charge in [0.1, 0.15) is 5.60 Å². The van der Waals surface area contributed by atoms with Gasteiger partial charge in [0, 0.05) is 31.2 Å². The quantitative estimate of drug-likeness (QED) is 0.350. The molecule has 0 aliphatic heterocycles. The average molecular weight is 431 g/mol. The molecule has 0 spiro atoms. The van der Waals surface area contributed by atoms with Crippen LogP contribution < -0.4 is 27.0 Å². The number of nitrogens with two attached hydrogens (primary N) is 1. The van der Waals surface area contributed by atoms with Crippen molar-refractivity contribution in [2.75, 3.05) is 17.7 Å². The molecule has 9 nitrogen and oxygen atoms in total. The minimum atomic E-state index is -0.565. The molecule has 1 aromatic rings. The molecule has 31 heavy (non-hydrogen) atoms. The summed E-state index contributed by atoms with van der Waals surface area (Å²) in [5.74, 6) is -0.565. The summed E-state index contributed by atoms with van der Waals surface area (Å²) in [6.07, 6.45) is 6.16. The number of ether oxygens (including phenoxy) is 1. The summed E-state index contributed by atoms with van der Waals surface area (Å²) in [4.78, 5) is 24.1. The van der Waals surface area contributed by atoms with Crippen LogP contribution in [0.3, 0.4) is 0 Å². The number of nitrogens with one attached hydrogen (secondary N) is 5. The molecule has 0 unspecified atom stereocenters. The maximum absolute atomic E-state index is 12.3. The average Bonchev–Trinajstić information content (AvgIpc) is 2.67. The van der Waals surface area contributed by atoms with Crippen molar-refractivity contribution in [3.63, 3.8) is 0 Å². The second kappa shape index (κ2) is 10.7. The van der Waals surface area contributed by atoms with E-state index in [1.54, 1.807) is 31.4 Å². The van der Waals surface area contributed by atoms with E-state index in [-0.39, 0.29) is 12.1 Å². The number of carbonyl (C=O) groups is 2. The van der Waals surface area contributed by atoms with Crippen LogP contribution in [0.25, 0.3) is 0 Å². The second-order valence-electron chi connectivity index (χ2n) is 8.57. The first-order valence-corrected chi connectivity index (χ1v) is 10.5. The third-order valence-corrected chi connectivity index (χ3v) is 4.84. The number of hydrogen-bond donors (Lipinski definition) is 6. The molecule has 0 saturated heterocycles. The van der Waals surface area contributed by atoms with Crippen LogP contribution in [-0.2, 0) is 4.74 Å². The number of rotatable bonds is 8. The van der Waals surface area contributed by atoms with Crippen LogP contribution >= 0.6 is 0 Å². The zero-order chi connectivity index (χ0) is 23.0. The van der Waals surface area contributed by atoms with Crippen LogP contribution in [0.15, 0.2) is 30.1 Å². The van der Waals surface area contributed by atoms with Crippen LogP contribution in [0, 0.1) is 5.41 Å². The van der Waals surface area contributed by atoms with Crippen molar-refractivity contribution in [1.82, 2.24) is 10.6 Å². The molecule has 1 saturated carbocycles. The predicted octanol–water partition coefficient (Wildman–Crippen LogP) is 3.16. The first-order valence-electron chi connectivity index (χ1n) is 10.5. The first-order chi connectivity index (χ1) is 14.6. The van der Waals surface area contributed by atoms with Gasteiger partial charge >= 0.3 is 6.09 Å². The molecule has 2 rings (SSSR count). The summed E-state index contributed by atoms with van der Waals surface area (Å²) in [5, 5.41) is 19.9. The molecular weight excluding hydrogens is 396 g/mol. The van der Waals surface area contributed by atoms with Crippen molar-refractivity contribution in [1.29, 1.82) is 5.41 Å². The molecule has 0 aromatic heterocycles. The van der Waals surface area contributed by atoms with Gasteiger partial charge in [-0.15, -0.1) is 0 Å². The molecule has 1 fully saturated rings. The van der Waals surface area contributed by atoms with Gasteiger partial charge in [-0.25, -0.2) is 4.79 Å². The van der Waals surface area contributed by atoms with E-state index in [1.165, 1.54) is 0 Å². The summed E-state index contributed by atoms with van der Waals surface area (Å²) in [6.45, 7) is 5.51. The number of allylic oxidation sites excluding steroid dienone is 1. The number of anilines is 2. The lowest BCUT2D eigenvalue weighted by Gasteiger charge is -2.34. The summed E-state index contributed by atoms with van der Waals surface area (Å²) in [7, 11) is 1.72. The Labute approximate surface area is 183 Å². The Morgan fingerprint density at radius 3 is 2.45 bits per heavy atom. The fraction of sp³-hybridized carbons (Fsp3) is 0.500. The highest BCUT2D eigenvalue weighted by Gasteiger charge is 2.28. The molecule has 1 aliphatic carbocycles. The van der Waals surface area contributed by atoms with E-state index >= 15 is 0 Å². The largest absolute Gasteiger partial charge is 0.444 e. The van der Waals surface area contributed by atoms with Gasteiger partial charge in [0.15, 0.2) is 0 Å². The van der Waals surface area contributed by atoms with Gasteiger partial charge in [-0.2, -0.15) is 0 Å². The fourth-order valence-corrected chi connectivity index (χ4v) is 3.53. The Hall–Kier alpha value is -3.23. The van der Waals surface area contributed by atoms with E-state index < -0.39 is 17.6 Å². The third kappa shape index (κ3) is 7.51. The number of benzene rings is 1. The molecule has 7 N–H and O–H groups in total. The summed E-state index contributed by atoms with van der Waals surface area (Å²) >= 11 is 0. The smallest absolute Gasteiger partial charge is 0.407 e. The lowest BCUT2D eigenvalue weighted by molar-refractivity contribution is 0.0488. The lowest BCUT2D eigenvalue weighted by atomic mass is 9.90. The number of primary amides is 1. The van der Waals surface area contributed by atoms with Gasteiger partial charge in [-0.05, 0) is 51.8 Å². The number of alkyl carbamates (subject to hydrolysis) is 1. The monoisotopic (exact) mass is 430 g/mol. The van der Waals surface area contributed by atoms with Crippen LogP contribution in [0.1, 0.15) is 56.8 Å². The highest BCUT2D eigenvalue weighted by atomic mass is 16.6. The minimum absolute atomic E-state index is 0.0172. The molecule has 1 aromatic carbocycles. The van der Waals surface area contributed by atoms with Crippen LogP contribution in [0.4, 0.5) is 16.2 Å². The summed E-state index contributed by atoms with van der Waals surface area (Å²) in [5.41, 5.74) is 7.03. The third-order valence-electron chi connectivity index (χ3n) is 4.84. The van der Waals surface area contributed by atoms with Gasteiger partial charge in [0.05, 0.1) is 23.0 Å². The number of amides is 2. The Morgan fingerprint density at radius 2 is 1.87 bits per heavy atom. The number of carbonyl (C=O) groups excluding carboxylic acids is 2. The molecule has 0 heterocycles. The fourth-order valence-electron chi connectivity index (χ4n) is 3.53. The molecule has 170 valence electrons. The zero-order valence-electron chi connectivity index (χ0n) is 18.7. The van der Waals surface area contributed by atoms with E-state index in [0.29, 0.717) is 16.9 Å². The standard InChI is InChI=1S/C22H34N6O3/c1-22(2,3)31-21(30)28-18-8-6-5-7-17(18)26-14-9-10-16(20(24)29)19(11-14)27-15(12-23)13-25-4/h9-13,17-18,23,25-27H,5-8H2,1-4H3,(H2,24,29)(H,28,30)/b15-13+,23-12?/t17-,18+/m1/s1. The van der Waals surface area contributed by atoms with E-state index in [4.69, 9.17) is 15.9 Å². The van der Waals surface area contributed by atoms with Gasteiger partial charge in [0.2, 0.25) is 0 Å². The Morgan fingerprint density at radius 1 is 1.19 bits per heavy atom. The van der Waals surface area contributed by atoms with E-state index in [9.17, 15) is 9.59 Å². The lowest BCUT2D eigenvalue weighted by Crippen LogP contribution is -2.49. The molecule has 9 heteroatoms. The van der Waals surface area contributed by atoms with Crippen molar-refractivity contribution in [2.24, 2.45) is 5.73 Å². The Kier molecular flexibility index (Phi) is 8.30. The van der Waals surface area contributed by atoms with Gasteiger partial charge < -0.3 is 37.1 Å². The van der Waals surface area contributed by atoms with Crippen molar-refractivity contribution in [3.8, 4) is 0 Å². The predicted molar refractivity (Wildman–Crippen MR) is 124 cm³/mol. The topological polar surface area (TPSA) is 141 Å². The SMILES string of the molecule is CN/C=C(\C=N)Nc1cc(N[C@@H]2CCCC[C@@H]2NC(=O)OC(C)(C)C)ccc1C(N)=O. The summed E-state index contributed by atoms with van der Waals surface area (Å²) in [6, 6.07) is 5.16. The first kappa shape index (κ1) is 24.0. The van der Waals surface area contributed by atoms with Gasteiger partial charge in [-0.1, -0.05) is 12.8 Å². The maximum Gasteiger partial charge on any atom is 0.407 e. The van der Waals surface area contributed by atoms with Crippen molar-refractivity contribution in [2.45, 2.75) is 64.1 Å². The second-order valence-corrected chi connectivity index (χ2v) is 8.57. The van der Waals surface area contributed by atoms with Crippen molar-refractivity contribution >= 4 is 29.6 Å². The molecule has 1 aliphatic rings. The normalized spacial score (nSPS) is 19.2. The highest BCUT2D eigenvalue weighted by Crippen LogP contribution is 2.27. The highest BCUT2D eigenvalue weighted by molar-refractivity contribution is 6.00. The van der Waals surface area contributed by atoms with Crippen LogP contribution in [0.5, 0.6) is 0 Å². The zero-order valence-corrected chi connectivity index (χ0v) is 18.7. The Bertz CT molecular complexity index is 831. The molecule has 0 radical (unpaired) electrons. The van der Waals surface area contributed by atoms with Crippen molar-refractivity contribution < 1.29 is 14.3 Å². The van der Waals surface area contributed by atoms with E-state index in [2.05, 4.69) is 21.3 Å². The summed E-state index contributed by atoms with van der Waals surface area (Å²) < 4.78 is 5.41. The molecule has 2 atom stereocenters. The van der Waals surface area contributed by atoms with E-state index in [0.717, 1.165) is 37.6 Å². The Balaban J connectivity index is 2.19. The van der Waals surface area contributed by atoms with Gasteiger partial charge in [-0.3, -0.25) is 4.79 Å². The molecule has 2 amide bonds. The van der Waals surface area contributed by atoms with Crippen molar-refractivity contribution in [3.05, 3.63) is 35.7 Å². The number of hydrogen-bond acceptors (Lipinski definition) is 7. The molecular formula is C22H34N6O3. The maximum atomic E-state index is 12.3. The molecule has 0 bridgehead atoms. The van der Waals surface area contributed by atoms with Gasteiger partial charge in [0.25, 0.3) is 5.91 Å².